The maximum absolute atomic E-state index is 6.00. The highest BCUT2D eigenvalue weighted by atomic mass is 35.5. The molecule has 0 saturated carbocycles. The van der Waals surface area contributed by atoms with Crippen molar-refractivity contribution >= 4 is 35.2 Å². The van der Waals surface area contributed by atoms with Crippen molar-refractivity contribution in [3.63, 3.8) is 0 Å². The van der Waals surface area contributed by atoms with E-state index in [0.29, 0.717) is 10.0 Å². The van der Waals surface area contributed by atoms with E-state index in [1.165, 1.54) is 0 Å². The molecular formula is C16H17Cl2N4+. The topological polar surface area (TPSA) is 33.0 Å². The van der Waals surface area contributed by atoms with E-state index in [1.807, 2.05) is 36.7 Å². The van der Waals surface area contributed by atoms with E-state index in [9.17, 15) is 0 Å². The molecule has 1 N–H and O–H groups in total. The van der Waals surface area contributed by atoms with E-state index in [4.69, 9.17) is 23.2 Å². The molecule has 0 aliphatic carbocycles. The summed E-state index contributed by atoms with van der Waals surface area (Å²) < 4.78 is 0. The van der Waals surface area contributed by atoms with Crippen LogP contribution in [0.25, 0.3) is 0 Å². The molecule has 0 spiro atoms. The number of pyridine rings is 1. The lowest BCUT2D eigenvalue weighted by atomic mass is 10.2. The molecule has 2 heterocycles. The van der Waals surface area contributed by atoms with E-state index in [1.54, 1.807) is 6.07 Å². The number of hydrogen-bond acceptors (Lipinski definition) is 3. The summed E-state index contributed by atoms with van der Waals surface area (Å²) in [5.41, 5.74) is 0.952. The second-order valence-electron chi connectivity index (χ2n) is 5.11. The van der Waals surface area contributed by atoms with E-state index in [2.05, 4.69) is 26.1 Å². The van der Waals surface area contributed by atoms with Gasteiger partial charge in [-0.1, -0.05) is 35.3 Å². The molecule has 1 aromatic carbocycles. The van der Waals surface area contributed by atoms with Gasteiger partial charge in [0.25, 0.3) is 5.82 Å². The Morgan fingerprint density at radius 1 is 1.00 bits per heavy atom. The molecule has 0 radical (unpaired) electrons. The van der Waals surface area contributed by atoms with Gasteiger partial charge in [0.05, 0.1) is 35.5 Å². The Bertz CT molecular complexity index is 652. The SMILES string of the molecule is Clc1ccc(/C=N\N2CCN(c3cccc[nH+]3)CC2)cc1Cl. The van der Waals surface area contributed by atoms with Crippen molar-refractivity contribution in [1.29, 1.82) is 0 Å². The van der Waals surface area contributed by atoms with Crippen LogP contribution < -0.4 is 9.88 Å². The van der Waals surface area contributed by atoms with Crippen molar-refractivity contribution in [2.45, 2.75) is 0 Å². The molecule has 1 fully saturated rings. The lowest BCUT2D eigenvalue weighted by Gasteiger charge is -2.28. The Balaban J connectivity index is 1.57. The van der Waals surface area contributed by atoms with Crippen LogP contribution in [0.15, 0.2) is 47.7 Å². The van der Waals surface area contributed by atoms with Crippen molar-refractivity contribution < 1.29 is 4.98 Å². The van der Waals surface area contributed by atoms with Gasteiger partial charge in [0, 0.05) is 6.07 Å². The molecule has 114 valence electrons. The van der Waals surface area contributed by atoms with Crippen LogP contribution in [0.2, 0.25) is 10.0 Å². The third-order valence-corrected chi connectivity index (χ3v) is 4.34. The third kappa shape index (κ3) is 3.70. The number of hydrazone groups is 1. The summed E-state index contributed by atoms with van der Waals surface area (Å²) in [6.45, 7) is 3.67. The smallest absolute Gasteiger partial charge is 0.274 e. The van der Waals surface area contributed by atoms with Crippen molar-refractivity contribution in [2.75, 3.05) is 31.1 Å². The second kappa shape index (κ2) is 6.99. The maximum Gasteiger partial charge on any atom is 0.274 e. The summed E-state index contributed by atoms with van der Waals surface area (Å²) in [7, 11) is 0. The zero-order chi connectivity index (χ0) is 15.4. The largest absolute Gasteiger partial charge is 0.289 e. The fourth-order valence-corrected chi connectivity index (χ4v) is 2.68. The van der Waals surface area contributed by atoms with Crippen LogP contribution in [0, 0.1) is 0 Å². The third-order valence-electron chi connectivity index (χ3n) is 3.60. The van der Waals surface area contributed by atoms with Crippen molar-refractivity contribution in [3.05, 3.63) is 58.2 Å². The Morgan fingerprint density at radius 3 is 2.50 bits per heavy atom. The molecule has 1 aromatic heterocycles. The van der Waals surface area contributed by atoms with Gasteiger partial charge in [0.15, 0.2) is 0 Å². The van der Waals surface area contributed by atoms with Crippen molar-refractivity contribution in [2.24, 2.45) is 5.10 Å². The summed E-state index contributed by atoms with van der Waals surface area (Å²) in [5.74, 6) is 1.15. The molecule has 0 atom stereocenters. The number of aromatic amines is 1. The highest BCUT2D eigenvalue weighted by Gasteiger charge is 2.21. The number of nitrogens with one attached hydrogen (secondary N) is 1. The molecule has 3 rings (SSSR count). The minimum absolute atomic E-state index is 0.551. The second-order valence-corrected chi connectivity index (χ2v) is 5.92. The Hall–Kier alpha value is -1.78. The van der Waals surface area contributed by atoms with Gasteiger partial charge in [-0.15, -0.1) is 0 Å². The molecule has 1 saturated heterocycles. The molecule has 0 bridgehead atoms. The summed E-state index contributed by atoms with van der Waals surface area (Å²) in [5, 5.41) is 7.71. The number of H-pyrrole nitrogens is 1. The first kappa shape index (κ1) is 15.1. The number of anilines is 1. The van der Waals surface area contributed by atoms with Gasteiger partial charge < -0.3 is 0 Å². The van der Waals surface area contributed by atoms with Crippen LogP contribution in [-0.2, 0) is 0 Å². The van der Waals surface area contributed by atoms with Crippen LogP contribution in [0.3, 0.4) is 0 Å². The number of rotatable bonds is 3. The fourth-order valence-electron chi connectivity index (χ4n) is 2.37. The standard InChI is InChI=1S/C16H16Cl2N4/c17-14-5-4-13(11-15(14)18)12-20-22-9-7-21(8-10-22)16-3-1-2-6-19-16/h1-6,11-12H,7-10H2/p+1/b20-12-. The Labute approximate surface area is 140 Å². The number of hydrogen-bond donors (Lipinski definition) is 0. The van der Waals surface area contributed by atoms with Crippen molar-refractivity contribution in [1.82, 2.24) is 5.01 Å². The normalized spacial score (nSPS) is 15.5. The monoisotopic (exact) mass is 335 g/mol. The molecule has 2 aromatic rings. The first-order chi connectivity index (χ1) is 10.7. The number of halogens is 2. The predicted octanol–water partition coefficient (Wildman–Crippen LogP) is 2.96. The Kier molecular flexibility index (Phi) is 4.80. The molecule has 1 aliphatic rings. The first-order valence-corrected chi connectivity index (χ1v) is 7.93. The number of aromatic nitrogens is 1. The zero-order valence-electron chi connectivity index (χ0n) is 12.0. The minimum Gasteiger partial charge on any atom is -0.289 e. The highest BCUT2D eigenvalue weighted by molar-refractivity contribution is 6.42. The minimum atomic E-state index is 0.551. The maximum atomic E-state index is 6.00. The lowest BCUT2D eigenvalue weighted by molar-refractivity contribution is -0.364. The van der Waals surface area contributed by atoms with Crippen LogP contribution >= 0.6 is 23.2 Å². The van der Waals surface area contributed by atoms with Gasteiger partial charge in [-0.25, -0.2) is 4.98 Å². The molecular weight excluding hydrogens is 319 g/mol. The van der Waals surface area contributed by atoms with E-state index in [0.717, 1.165) is 37.6 Å². The molecule has 0 amide bonds. The fraction of sp³-hybridized carbons (Fsp3) is 0.250. The first-order valence-electron chi connectivity index (χ1n) is 7.18. The van der Waals surface area contributed by atoms with Gasteiger partial charge in [0.1, 0.15) is 13.1 Å². The zero-order valence-corrected chi connectivity index (χ0v) is 13.6. The van der Waals surface area contributed by atoms with E-state index < -0.39 is 0 Å². The number of benzene rings is 1. The summed E-state index contributed by atoms with van der Waals surface area (Å²) in [6, 6.07) is 11.6. The number of nitrogens with zero attached hydrogens (tertiary/aromatic N) is 3. The van der Waals surface area contributed by atoms with Crippen LogP contribution in [0.5, 0.6) is 0 Å². The Morgan fingerprint density at radius 2 is 1.82 bits per heavy atom. The molecule has 22 heavy (non-hydrogen) atoms. The molecule has 4 nitrogen and oxygen atoms in total. The van der Waals surface area contributed by atoms with Gasteiger partial charge in [0.2, 0.25) is 0 Å². The summed E-state index contributed by atoms with van der Waals surface area (Å²) in [6.07, 6.45) is 3.77. The average molecular weight is 336 g/mol. The van der Waals surface area contributed by atoms with E-state index in [-0.39, 0.29) is 0 Å². The number of piperazine rings is 1. The molecule has 1 aliphatic heterocycles. The molecule has 0 unspecified atom stereocenters. The predicted molar refractivity (Wildman–Crippen MR) is 90.8 cm³/mol. The van der Waals surface area contributed by atoms with Crippen LogP contribution in [0.1, 0.15) is 5.56 Å². The molecule has 6 heteroatoms. The van der Waals surface area contributed by atoms with Crippen LogP contribution in [-0.4, -0.2) is 37.4 Å². The summed E-state index contributed by atoms with van der Waals surface area (Å²) in [4.78, 5) is 5.59. The van der Waals surface area contributed by atoms with E-state index >= 15 is 0 Å². The lowest BCUT2D eigenvalue weighted by Crippen LogP contribution is -2.45. The van der Waals surface area contributed by atoms with Gasteiger partial charge in [-0.2, -0.15) is 5.10 Å². The quantitative estimate of drug-likeness (QED) is 0.808. The van der Waals surface area contributed by atoms with Gasteiger partial charge in [-0.05, 0) is 23.8 Å². The average Bonchev–Trinajstić information content (AvgIpc) is 2.57. The highest BCUT2D eigenvalue weighted by Crippen LogP contribution is 2.21. The van der Waals surface area contributed by atoms with Gasteiger partial charge >= 0.3 is 0 Å². The van der Waals surface area contributed by atoms with Crippen LogP contribution in [0.4, 0.5) is 5.82 Å². The van der Waals surface area contributed by atoms with Crippen molar-refractivity contribution in [3.8, 4) is 0 Å². The summed E-state index contributed by atoms with van der Waals surface area (Å²) >= 11 is 11.9. The van der Waals surface area contributed by atoms with Gasteiger partial charge in [-0.3, -0.25) is 9.91 Å².